The first-order valence-electron chi connectivity index (χ1n) is 4.81. The standard InChI is InChI=1S/C9H14O.C3H8/c1-3-5-9(6-4-2)7-8-10;1-3-2/h3-6,10H,1,7-8H2,2H3;3H2,1-2H3/b6-4-,9-5+;. The van der Waals surface area contributed by atoms with Crippen LogP contribution in [-0.4, -0.2) is 11.7 Å². The predicted octanol–water partition coefficient (Wildman–Crippen LogP) is 3.47. The van der Waals surface area contributed by atoms with Crippen LogP contribution in [0.25, 0.3) is 0 Å². The van der Waals surface area contributed by atoms with E-state index in [0.29, 0.717) is 6.42 Å². The first-order chi connectivity index (χ1) is 6.26. The van der Waals surface area contributed by atoms with E-state index in [0.717, 1.165) is 5.57 Å². The number of aliphatic hydroxyl groups is 1. The zero-order chi connectivity index (χ0) is 10.5. The maximum atomic E-state index is 8.58. The molecule has 0 aliphatic carbocycles. The van der Waals surface area contributed by atoms with Crippen molar-refractivity contribution in [3.05, 3.63) is 36.5 Å². The first kappa shape index (κ1) is 14.7. The van der Waals surface area contributed by atoms with Crippen LogP contribution in [0.4, 0.5) is 0 Å². The highest BCUT2D eigenvalue weighted by molar-refractivity contribution is 5.22. The van der Waals surface area contributed by atoms with Crippen molar-refractivity contribution in [3.8, 4) is 0 Å². The molecule has 1 heteroatoms. The van der Waals surface area contributed by atoms with Crippen LogP contribution in [0.3, 0.4) is 0 Å². The van der Waals surface area contributed by atoms with E-state index in [1.807, 2.05) is 25.2 Å². The molecule has 0 aromatic carbocycles. The minimum atomic E-state index is 0.198. The molecule has 0 unspecified atom stereocenters. The number of hydrogen-bond acceptors (Lipinski definition) is 1. The van der Waals surface area contributed by atoms with Crippen molar-refractivity contribution in [2.24, 2.45) is 0 Å². The van der Waals surface area contributed by atoms with E-state index in [9.17, 15) is 0 Å². The number of allylic oxidation sites excluding steroid dienone is 4. The minimum absolute atomic E-state index is 0.198. The van der Waals surface area contributed by atoms with Crippen LogP contribution in [-0.2, 0) is 0 Å². The summed E-state index contributed by atoms with van der Waals surface area (Å²) in [4.78, 5) is 0. The summed E-state index contributed by atoms with van der Waals surface area (Å²) in [6.07, 6.45) is 9.50. The molecule has 13 heavy (non-hydrogen) atoms. The third-order valence-corrected chi connectivity index (χ3v) is 1.11. The Balaban J connectivity index is 0. The Labute approximate surface area is 82.5 Å². The van der Waals surface area contributed by atoms with Crippen LogP contribution in [0.15, 0.2) is 36.5 Å². The number of aliphatic hydroxyl groups excluding tert-OH is 1. The van der Waals surface area contributed by atoms with Crippen LogP contribution >= 0.6 is 0 Å². The highest BCUT2D eigenvalue weighted by Crippen LogP contribution is 2.01. The lowest BCUT2D eigenvalue weighted by molar-refractivity contribution is 0.300. The largest absolute Gasteiger partial charge is 0.396 e. The molecule has 1 N–H and O–H groups in total. The monoisotopic (exact) mass is 182 g/mol. The lowest BCUT2D eigenvalue weighted by Gasteiger charge is -1.94. The molecule has 0 spiro atoms. The van der Waals surface area contributed by atoms with E-state index in [4.69, 9.17) is 5.11 Å². The van der Waals surface area contributed by atoms with Gasteiger partial charge in [-0.05, 0) is 18.9 Å². The second-order valence-electron chi connectivity index (χ2n) is 2.66. The normalized spacial score (nSPS) is 10.9. The molecule has 0 heterocycles. The zero-order valence-electron chi connectivity index (χ0n) is 9.09. The Morgan fingerprint density at radius 2 is 1.92 bits per heavy atom. The van der Waals surface area contributed by atoms with Crippen molar-refractivity contribution in [1.29, 1.82) is 0 Å². The lowest BCUT2D eigenvalue weighted by Crippen LogP contribution is -1.84. The van der Waals surface area contributed by atoms with E-state index < -0.39 is 0 Å². The fourth-order valence-corrected chi connectivity index (χ4v) is 0.717. The maximum absolute atomic E-state index is 8.58. The minimum Gasteiger partial charge on any atom is -0.396 e. The van der Waals surface area contributed by atoms with E-state index in [2.05, 4.69) is 20.4 Å². The van der Waals surface area contributed by atoms with Gasteiger partial charge in [-0.2, -0.15) is 0 Å². The van der Waals surface area contributed by atoms with Gasteiger partial charge in [0.25, 0.3) is 0 Å². The number of rotatable bonds is 4. The molecule has 0 radical (unpaired) electrons. The van der Waals surface area contributed by atoms with Gasteiger partial charge in [0.15, 0.2) is 0 Å². The Bertz CT molecular complexity index is 155. The molecule has 0 aliphatic heterocycles. The average Bonchev–Trinajstić information content (AvgIpc) is 2.07. The van der Waals surface area contributed by atoms with Gasteiger partial charge in [0.1, 0.15) is 0 Å². The summed E-state index contributed by atoms with van der Waals surface area (Å²) in [5, 5.41) is 8.58. The number of hydrogen-bond donors (Lipinski definition) is 1. The molecule has 0 saturated heterocycles. The van der Waals surface area contributed by atoms with Crippen molar-refractivity contribution < 1.29 is 5.11 Å². The molecule has 0 aromatic heterocycles. The van der Waals surface area contributed by atoms with Crippen LogP contribution in [0.5, 0.6) is 0 Å². The van der Waals surface area contributed by atoms with Crippen LogP contribution in [0.1, 0.15) is 33.6 Å². The summed E-state index contributed by atoms with van der Waals surface area (Å²) >= 11 is 0. The van der Waals surface area contributed by atoms with Gasteiger partial charge in [-0.25, -0.2) is 0 Å². The van der Waals surface area contributed by atoms with Crippen LogP contribution < -0.4 is 0 Å². The summed E-state index contributed by atoms with van der Waals surface area (Å²) in [6.45, 7) is 9.97. The fourth-order valence-electron chi connectivity index (χ4n) is 0.717. The first-order valence-corrected chi connectivity index (χ1v) is 4.81. The van der Waals surface area contributed by atoms with Crippen molar-refractivity contribution in [2.45, 2.75) is 33.6 Å². The smallest absolute Gasteiger partial charge is 0.0471 e. The van der Waals surface area contributed by atoms with Crippen LogP contribution in [0.2, 0.25) is 0 Å². The third-order valence-electron chi connectivity index (χ3n) is 1.11. The topological polar surface area (TPSA) is 20.2 Å². The van der Waals surface area contributed by atoms with E-state index in [1.165, 1.54) is 6.42 Å². The van der Waals surface area contributed by atoms with Crippen LogP contribution in [0, 0.1) is 0 Å². The molecule has 0 aromatic rings. The van der Waals surface area contributed by atoms with Crippen molar-refractivity contribution >= 4 is 0 Å². The molecular weight excluding hydrogens is 160 g/mol. The molecule has 0 saturated carbocycles. The SMILES string of the molecule is C=C/C=C(\C=C/C)CCO.CCC. The van der Waals surface area contributed by atoms with Crippen molar-refractivity contribution in [1.82, 2.24) is 0 Å². The summed E-state index contributed by atoms with van der Waals surface area (Å²) in [5.74, 6) is 0. The van der Waals surface area contributed by atoms with Gasteiger partial charge in [0.05, 0.1) is 0 Å². The second-order valence-corrected chi connectivity index (χ2v) is 2.66. The molecule has 0 fully saturated rings. The highest BCUT2D eigenvalue weighted by Gasteiger charge is 1.86. The van der Waals surface area contributed by atoms with Gasteiger partial charge in [-0.15, -0.1) is 0 Å². The summed E-state index contributed by atoms with van der Waals surface area (Å²) in [7, 11) is 0. The van der Waals surface area contributed by atoms with Gasteiger partial charge in [0.2, 0.25) is 0 Å². The van der Waals surface area contributed by atoms with E-state index in [-0.39, 0.29) is 6.61 Å². The van der Waals surface area contributed by atoms with Gasteiger partial charge >= 0.3 is 0 Å². The van der Waals surface area contributed by atoms with Gasteiger partial charge in [-0.3, -0.25) is 0 Å². The molecule has 0 aliphatic rings. The Kier molecular flexibility index (Phi) is 15.5. The lowest BCUT2D eigenvalue weighted by atomic mass is 10.1. The van der Waals surface area contributed by atoms with Gasteiger partial charge in [-0.1, -0.05) is 51.2 Å². The third kappa shape index (κ3) is 14.1. The van der Waals surface area contributed by atoms with E-state index in [1.54, 1.807) is 6.08 Å². The summed E-state index contributed by atoms with van der Waals surface area (Å²) in [6, 6.07) is 0. The summed E-state index contributed by atoms with van der Waals surface area (Å²) < 4.78 is 0. The van der Waals surface area contributed by atoms with Gasteiger partial charge < -0.3 is 5.11 Å². The quantitative estimate of drug-likeness (QED) is 0.660. The molecule has 76 valence electrons. The Morgan fingerprint density at radius 3 is 2.23 bits per heavy atom. The fraction of sp³-hybridized carbons (Fsp3) is 0.500. The molecule has 0 atom stereocenters. The second kappa shape index (κ2) is 13.7. The predicted molar refractivity (Wildman–Crippen MR) is 60.8 cm³/mol. The Morgan fingerprint density at radius 1 is 1.38 bits per heavy atom. The van der Waals surface area contributed by atoms with Crippen molar-refractivity contribution in [3.63, 3.8) is 0 Å². The van der Waals surface area contributed by atoms with Gasteiger partial charge in [0, 0.05) is 6.61 Å². The summed E-state index contributed by atoms with van der Waals surface area (Å²) in [5.41, 5.74) is 1.11. The highest BCUT2D eigenvalue weighted by atomic mass is 16.2. The molecule has 0 rings (SSSR count). The molecule has 0 amide bonds. The Hall–Kier alpha value is -0.820. The molecule has 0 bridgehead atoms. The zero-order valence-corrected chi connectivity index (χ0v) is 9.09. The average molecular weight is 182 g/mol. The van der Waals surface area contributed by atoms with Crippen molar-refractivity contribution in [2.75, 3.05) is 6.61 Å². The maximum Gasteiger partial charge on any atom is 0.0471 e. The van der Waals surface area contributed by atoms with E-state index >= 15 is 0 Å². The molecule has 1 nitrogen and oxygen atoms in total. The molecular formula is C12H22O.